The summed E-state index contributed by atoms with van der Waals surface area (Å²) in [5.74, 6) is 0.0515. The van der Waals surface area contributed by atoms with E-state index in [1.165, 1.54) is 11.3 Å². The van der Waals surface area contributed by atoms with Crippen LogP contribution in [-0.2, 0) is 16.6 Å². The molecule has 2 amide bonds. The number of hydrogen-bond donors (Lipinski definition) is 0. The van der Waals surface area contributed by atoms with E-state index >= 15 is 0 Å². The third-order valence-corrected chi connectivity index (χ3v) is 6.96. The minimum Gasteiger partial charge on any atom is -0.383 e. The summed E-state index contributed by atoms with van der Waals surface area (Å²) in [5, 5.41) is 0. The van der Waals surface area contributed by atoms with Crippen molar-refractivity contribution < 1.29 is 14.3 Å². The van der Waals surface area contributed by atoms with Crippen molar-refractivity contribution in [1.82, 2.24) is 19.4 Å². The van der Waals surface area contributed by atoms with Crippen molar-refractivity contribution in [2.24, 2.45) is 12.5 Å². The van der Waals surface area contributed by atoms with E-state index in [9.17, 15) is 9.59 Å². The largest absolute Gasteiger partial charge is 0.383 e. The van der Waals surface area contributed by atoms with Gasteiger partial charge >= 0.3 is 0 Å². The standard InChI is InChI=1S/C20H26N4O3S/c1-14-4-5-17(28-14)18(25)24-10-15(16-11-22(2)13-21-16)20(12-24)6-7-23(19(20)26)8-9-27-3/h4-5,11,13,15H,6-10,12H2,1-3H3/t15-,20-/m1/s1. The zero-order valence-electron chi connectivity index (χ0n) is 16.6. The van der Waals surface area contributed by atoms with Gasteiger partial charge in [0.05, 0.1) is 28.9 Å². The maximum atomic E-state index is 13.4. The summed E-state index contributed by atoms with van der Waals surface area (Å²) in [7, 11) is 3.57. The van der Waals surface area contributed by atoms with Gasteiger partial charge in [-0.25, -0.2) is 4.98 Å². The molecule has 2 saturated heterocycles. The number of likely N-dealkylation sites (tertiary alicyclic amines) is 2. The molecule has 0 bridgehead atoms. The van der Waals surface area contributed by atoms with E-state index in [0.29, 0.717) is 32.8 Å². The lowest BCUT2D eigenvalue weighted by Crippen LogP contribution is -2.41. The molecule has 2 aromatic rings. The predicted molar refractivity (Wildman–Crippen MR) is 106 cm³/mol. The molecule has 150 valence electrons. The summed E-state index contributed by atoms with van der Waals surface area (Å²) in [6, 6.07) is 3.84. The first kappa shape index (κ1) is 19.1. The van der Waals surface area contributed by atoms with Crippen molar-refractivity contribution in [2.45, 2.75) is 19.3 Å². The number of ether oxygens (including phenoxy) is 1. The molecule has 0 radical (unpaired) electrons. The molecule has 1 spiro atoms. The van der Waals surface area contributed by atoms with Crippen molar-refractivity contribution >= 4 is 23.2 Å². The number of imidazole rings is 1. The molecule has 0 aromatic carbocycles. The van der Waals surface area contributed by atoms with E-state index in [4.69, 9.17) is 4.74 Å². The van der Waals surface area contributed by atoms with Gasteiger partial charge in [-0.2, -0.15) is 0 Å². The first-order chi connectivity index (χ1) is 13.4. The fraction of sp³-hybridized carbons (Fsp3) is 0.550. The van der Waals surface area contributed by atoms with Crippen LogP contribution in [0.3, 0.4) is 0 Å². The highest BCUT2D eigenvalue weighted by Crippen LogP contribution is 2.49. The van der Waals surface area contributed by atoms with Crippen LogP contribution < -0.4 is 0 Å². The minimum absolute atomic E-state index is 0.0130. The van der Waals surface area contributed by atoms with Gasteiger partial charge in [0, 0.05) is 57.3 Å². The highest BCUT2D eigenvalue weighted by atomic mass is 32.1. The first-order valence-corrected chi connectivity index (χ1v) is 10.4. The second-order valence-electron chi connectivity index (χ2n) is 7.80. The Labute approximate surface area is 168 Å². The molecule has 0 N–H and O–H groups in total. The Morgan fingerprint density at radius 3 is 2.89 bits per heavy atom. The molecule has 7 nitrogen and oxygen atoms in total. The van der Waals surface area contributed by atoms with Gasteiger partial charge in [0.25, 0.3) is 5.91 Å². The first-order valence-electron chi connectivity index (χ1n) is 9.56. The zero-order chi connectivity index (χ0) is 19.9. The normalized spacial score (nSPS) is 24.7. The molecule has 0 aliphatic carbocycles. The zero-order valence-corrected chi connectivity index (χ0v) is 17.4. The number of aryl methyl sites for hydroxylation is 2. The van der Waals surface area contributed by atoms with E-state index < -0.39 is 5.41 Å². The summed E-state index contributed by atoms with van der Waals surface area (Å²) in [6.07, 6.45) is 4.48. The van der Waals surface area contributed by atoms with Gasteiger partial charge in [-0.1, -0.05) is 0 Å². The average Bonchev–Trinajstić information content (AvgIpc) is 3.43. The molecular weight excluding hydrogens is 376 g/mol. The number of amides is 2. The van der Waals surface area contributed by atoms with E-state index in [1.807, 2.05) is 46.7 Å². The number of carbonyl (C=O) groups is 2. The molecule has 2 atom stereocenters. The van der Waals surface area contributed by atoms with Crippen LogP contribution in [0.1, 0.15) is 32.6 Å². The maximum Gasteiger partial charge on any atom is 0.263 e. The van der Waals surface area contributed by atoms with Crippen LogP contribution in [0.2, 0.25) is 0 Å². The summed E-state index contributed by atoms with van der Waals surface area (Å²) >= 11 is 1.50. The van der Waals surface area contributed by atoms with Crippen LogP contribution in [0, 0.1) is 12.3 Å². The van der Waals surface area contributed by atoms with Crippen LogP contribution in [0.25, 0.3) is 0 Å². The lowest BCUT2D eigenvalue weighted by molar-refractivity contribution is -0.136. The highest BCUT2D eigenvalue weighted by Gasteiger charge is 2.58. The Morgan fingerprint density at radius 2 is 2.25 bits per heavy atom. The van der Waals surface area contributed by atoms with E-state index in [2.05, 4.69) is 4.98 Å². The second-order valence-corrected chi connectivity index (χ2v) is 9.09. The van der Waals surface area contributed by atoms with Gasteiger partial charge in [-0.3, -0.25) is 9.59 Å². The Kier molecular flexibility index (Phi) is 5.01. The summed E-state index contributed by atoms with van der Waals surface area (Å²) in [6.45, 7) is 4.78. The summed E-state index contributed by atoms with van der Waals surface area (Å²) in [5.41, 5.74) is 0.298. The van der Waals surface area contributed by atoms with Crippen LogP contribution >= 0.6 is 11.3 Å². The Balaban J connectivity index is 1.65. The minimum atomic E-state index is -0.593. The fourth-order valence-electron chi connectivity index (χ4n) is 4.50. The van der Waals surface area contributed by atoms with E-state index in [-0.39, 0.29) is 17.7 Å². The molecule has 0 saturated carbocycles. The topological polar surface area (TPSA) is 67.7 Å². The number of thiophene rings is 1. The maximum absolute atomic E-state index is 13.4. The Hall–Kier alpha value is -2.19. The third kappa shape index (κ3) is 3.14. The number of hydrogen-bond acceptors (Lipinski definition) is 5. The monoisotopic (exact) mass is 402 g/mol. The molecular formula is C20H26N4O3S. The van der Waals surface area contributed by atoms with E-state index in [1.54, 1.807) is 13.4 Å². The molecule has 2 aliphatic rings. The second kappa shape index (κ2) is 7.33. The molecule has 2 fully saturated rings. The third-order valence-electron chi connectivity index (χ3n) is 5.97. The summed E-state index contributed by atoms with van der Waals surface area (Å²) in [4.78, 5) is 36.7. The van der Waals surface area contributed by atoms with Crippen LogP contribution in [-0.4, -0.2) is 71.1 Å². The van der Waals surface area contributed by atoms with Gasteiger partial charge in [0.2, 0.25) is 5.91 Å². The van der Waals surface area contributed by atoms with Crippen molar-refractivity contribution in [3.8, 4) is 0 Å². The van der Waals surface area contributed by atoms with Crippen molar-refractivity contribution in [3.05, 3.63) is 40.1 Å². The average molecular weight is 403 g/mol. The quantitative estimate of drug-likeness (QED) is 0.766. The number of nitrogens with zero attached hydrogens (tertiary/aromatic N) is 4. The van der Waals surface area contributed by atoms with Crippen LogP contribution in [0.15, 0.2) is 24.7 Å². The predicted octanol–water partition coefficient (Wildman–Crippen LogP) is 1.89. The van der Waals surface area contributed by atoms with Gasteiger partial charge < -0.3 is 19.1 Å². The number of rotatable bonds is 5. The Morgan fingerprint density at radius 1 is 1.43 bits per heavy atom. The molecule has 8 heteroatoms. The van der Waals surface area contributed by atoms with Gasteiger partial charge in [0.15, 0.2) is 0 Å². The lowest BCUT2D eigenvalue weighted by Gasteiger charge is -2.27. The van der Waals surface area contributed by atoms with Crippen molar-refractivity contribution in [2.75, 3.05) is 39.9 Å². The molecule has 2 aromatic heterocycles. The molecule has 4 rings (SSSR count). The van der Waals surface area contributed by atoms with Crippen LogP contribution in [0.5, 0.6) is 0 Å². The number of aromatic nitrogens is 2. The SMILES string of the molecule is COCCN1CC[C@]2(CN(C(=O)c3ccc(C)s3)C[C@@H]2c2cn(C)cn2)C1=O. The van der Waals surface area contributed by atoms with Gasteiger partial charge in [-0.05, 0) is 25.5 Å². The Bertz CT molecular complexity index is 892. The molecule has 28 heavy (non-hydrogen) atoms. The highest BCUT2D eigenvalue weighted by molar-refractivity contribution is 7.13. The molecule has 0 unspecified atom stereocenters. The van der Waals surface area contributed by atoms with E-state index in [0.717, 1.165) is 21.9 Å². The lowest BCUT2D eigenvalue weighted by atomic mass is 9.75. The van der Waals surface area contributed by atoms with Gasteiger partial charge in [0.1, 0.15) is 0 Å². The van der Waals surface area contributed by atoms with Gasteiger partial charge in [-0.15, -0.1) is 11.3 Å². The molecule has 4 heterocycles. The van der Waals surface area contributed by atoms with Crippen molar-refractivity contribution in [3.63, 3.8) is 0 Å². The summed E-state index contributed by atoms with van der Waals surface area (Å²) < 4.78 is 7.07. The van der Waals surface area contributed by atoms with Crippen LogP contribution in [0.4, 0.5) is 0 Å². The smallest absolute Gasteiger partial charge is 0.263 e. The fourth-order valence-corrected chi connectivity index (χ4v) is 5.34. The number of carbonyl (C=O) groups excluding carboxylic acids is 2. The number of methoxy groups -OCH3 is 1. The van der Waals surface area contributed by atoms with Crippen molar-refractivity contribution in [1.29, 1.82) is 0 Å². The molecule has 2 aliphatic heterocycles.